The lowest BCUT2D eigenvalue weighted by Crippen LogP contribution is -2.33. The average Bonchev–Trinajstić information content (AvgIpc) is 3.57. The second-order valence-corrected chi connectivity index (χ2v) is 11.8. The van der Waals surface area contributed by atoms with Crippen LogP contribution in [0, 0.1) is 0 Å². The summed E-state index contributed by atoms with van der Waals surface area (Å²) in [6.07, 6.45) is 0. The molecule has 0 radical (unpaired) electrons. The first-order chi connectivity index (χ1) is 20.9. The molecule has 1 aliphatic carbocycles. The number of ketones is 1. The number of rotatable bonds is 4. The van der Waals surface area contributed by atoms with E-state index >= 15 is 0 Å². The first-order valence-corrected chi connectivity index (χ1v) is 14.6. The third-order valence-corrected chi connectivity index (χ3v) is 8.92. The summed E-state index contributed by atoms with van der Waals surface area (Å²) in [6, 6.07) is 43.9. The summed E-state index contributed by atoms with van der Waals surface area (Å²) in [5, 5.41) is 1.96. The molecule has 0 bridgehead atoms. The molecule has 0 unspecified atom stereocenters. The van der Waals surface area contributed by atoms with Crippen molar-refractivity contribution in [2.24, 2.45) is 7.05 Å². The predicted octanol–water partition coefficient (Wildman–Crippen LogP) is 10.2. The molecule has 8 rings (SSSR count). The molecule has 0 saturated carbocycles. The molecule has 0 N–H and O–H groups in total. The van der Waals surface area contributed by atoms with Crippen LogP contribution in [0.15, 0.2) is 132 Å². The van der Waals surface area contributed by atoms with Gasteiger partial charge in [-0.1, -0.05) is 72.8 Å². The average molecular weight is 559 g/mol. The van der Waals surface area contributed by atoms with Gasteiger partial charge in [0.25, 0.3) is 0 Å². The molecule has 43 heavy (non-hydrogen) atoms. The van der Waals surface area contributed by atoms with E-state index in [1.54, 1.807) is 0 Å². The normalized spacial score (nSPS) is 13.7. The fraction of sp³-hybridized carbons (Fsp3) is 0.103. The van der Waals surface area contributed by atoms with Gasteiger partial charge in [-0.3, -0.25) is 4.79 Å². The van der Waals surface area contributed by atoms with Crippen molar-refractivity contribution in [2.45, 2.75) is 19.3 Å². The Labute approximate surface area is 250 Å². The number of hydrogen-bond donors (Lipinski definition) is 0. The summed E-state index contributed by atoms with van der Waals surface area (Å²) < 4.78 is 8.57. The number of para-hydroxylation sites is 3. The highest BCUT2D eigenvalue weighted by Gasteiger charge is 2.45. The summed E-state index contributed by atoms with van der Waals surface area (Å²) >= 11 is 0. The molecule has 4 heteroatoms. The van der Waals surface area contributed by atoms with E-state index in [0.29, 0.717) is 0 Å². The van der Waals surface area contributed by atoms with Crippen LogP contribution in [0.25, 0.3) is 44.5 Å². The van der Waals surface area contributed by atoms with Gasteiger partial charge in [-0.25, -0.2) is 0 Å². The quantitative estimate of drug-likeness (QED) is 0.216. The first-order valence-electron chi connectivity index (χ1n) is 14.6. The van der Waals surface area contributed by atoms with Gasteiger partial charge in [-0.15, -0.1) is 0 Å². The fourth-order valence-corrected chi connectivity index (χ4v) is 6.78. The minimum atomic E-state index is -0.709. The molecular formula is C39H30N2O2. The van der Waals surface area contributed by atoms with Gasteiger partial charge in [0.2, 0.25) is 0 Å². The van der Waals surface area contributed by atoms with Crippen molar-refractivity contribution in [1.82, 2.24) is 4.57 Å². The molecule has 0 fully saturated rings. The Morgan fingerprint density at radius 2 is 1.23 bits per heavy atom. The van der Waals surface area contributed by atoms with Gasteiger partial charge in [-0.2, -0.15) is 0 Å². The van der Waals surface area contributed by atoms with Crippen LogP contribution in [0.3, 0.4) is 0 Å². The highest BCUT2D eigenvalue weighted by atomic mass is 16.3. The van der Waals surface area contributed by atoms with Crippen molar-refractivity contribution in [1.29, 1.82) is 0 Å². The summed E-state index contributed by atoms with van der Waals surface area (Å²) in [4.78, 5) is 16.5. The van der Waals surface area contributed by atoms with Crippen LogP contribution in [-0.4, -0.2) is 10.4 Å². The van der Waals surface area contributed by atoms with E-state index in [4.69, 9.17) is 4.42 Å². The van der Waals surface area contributed by atoms with E-state index < -0.39 is 5.41 Å². The summed E-state index contributed by atoms with van der Waals surface area (Å²) in [7, 11) is 2.03. The molecule has 208 valence electrons. The van der Waals surface area contributed by atoms with Gasteiger partial charge in [0.05, 0.1) is 16.7 Å². The molecule has 2 heterocycles. The minimum Gasteiger partial charge on any atom is -0.454 e. The molecule has 7 aromatic rings. The number of aryl methyl sites for hydroxylation is 1. The van der Waals surface area contributed by atoms with Crippen LogP contribution < -0.4 is 4.90 Å². The van der Waals surface area contributed by atoms with Gasteiger partial charge >= 0.3 is 0 Å². The van der Waals surface area contributed by atoms with Crippen LogP contribution in [-0.2, 0) is 12.5 Å². The van der Waals surface area contributed by atoms with Gasteiger partial charge in [0.1, 0.15) is 5.58 Å². The monoisotopic (exact) mass is 558 g/mol. The molecule has 0 aliphatic heterocycles. The third kappa shape index (κ3) is 3.73. The highest BCUT2D eigenvalue weighted by molar-refractivity contribution is 6.22. The molecule has 0 amide bonds. The van der Waals surface area contributed by atoms with Crippen molar-refractivity contribution in [3.63, 3.8) is 0 Å². The zero-order valence-electron chi connectivity index (χ0n) is 24.3. The Balaban J connectivity index is 1.25. The summed E-state index contributed by atoms with van der Waals surface area (Å²) in [6.45, 7) is 4.04. The first kappa shape index (κ1) is 25.4. The zero-order chi connectivity index (χ0) is 29.3. The molecule has 5 aromatic carbocycles. The van der Waals surface area contributed by atoms with E-state index in [0.717, 1.165) is 72.6 Å². The lowest BCUT2D eigenvalue weighted by atomic mass is 9.72. The number of carbonyl (C=O) groups excluding carboxylic acids is 1. The van der Waals surface area contributed by atoms with E-state index in [1.807, 2.05) is 51.2 Å². The molecule has 4 nitrogen and oxygen atoms in total. The Kier molecular flexibility index (Phi) is 5.51. The maximum atomic E-state index is 14.2. The number of nitrogens with zero attached hydrogens (tertiary/aromatic N) is 2. The predicted molar refractivity (Wildman–Crippen MR) is 176 cm³/mol. The Morgan fingerprint density at radius 1 is 0.651 bits per heavy atom. The standard InChI is InChI=1S/C39H30N2O2/c1-39(2)35-30-16-10-11-17-33(30)43-37(35)36-34(38(39)42)31-24-26(20-23-32(31)40(36)3)25-18-21-29(22-19-25)41(27-12-6-4-7-13-27)28-14-8-5-9-15-28/h4-24H,1-3H3. The second-order valence-electron chi connectivity index (χ2n) is 11.8. The van der Waals surface area contributed by atoms with Crippen LogP contribution >= 0.6 is 0 Å². The number of Topliss-reactive ketones (excluding diaryl/α,β-unsaturated/α-hetero) is 1. The summed E-state index contributed by atoms with van der Waals surface area (Å²) in [5.74, 6) is 0.924. The van der Waals surface area contributed by atoms with E-state index in [2.05, 4.69) is 107 Å². The number of benzene rings is 5. The number of hydrogen-bond acceptors (Lipinski definition) is 3. The molecule has 0 atom stereocenters. The molecule has 1 aliphatic rings. The Hall–Kier alpha value is -5.35. The third-order valence-electron chi connectivity index (χ3n) is 8.92. The van der Waals surface area contributed by atoms with E-state index in [-0.39, 0.29) is 5.78 Å². The maximum Gasteiger partial charge on any atom is 0.175 e. The van der Waals surface area contributed by atoms with Crippen molar-refractivity contribution in [3.05, 3.63) is 139 Å². The van der Waals surface area contributed by atoms with E-state index in [1.165, 1.54) is 0 Å². The molecule has 2 aromatic heterocycles. The number of furan rings is 1. The Morgan fingerprint density at radius 3 is 1.91 bits per heavy atom. The zero-order valence-corrected chi connectivity index (χ0v) is 24.3. The fourth-order valence-electron chi connectivity index (χ4n) is 6.78. The highest BCUT2D eigenvalue weighted by Crippen LogP contribution is 2.51. The van der Waals surface area contributed by atoms with Gasteiger partial charge < -0.3 is 13.9 Å². The summed E-state index contributed by atoms with van der Waals surface area (Å²) in [5.41, 5.74) is 9.14. The number of anilines is 3. The topological polar surface area (TPSA) is 38.4 Å². The lowest BCUT2D eigenvalue weighted by Gasteiger charge is -2.28. The SMILES string of the molecule is Cn1c2c(c3cc(-c4ccc(N(c5ccccc5)c5ccccc5)cc4)ccc31)C(=O)C(C)(C)c1c-2oc2ccccc12. The van der Waals surface area contributed by atoms with Gasteiger partial charge in [0.15, 0.2) is 11.5 Å². The van der Waals surface area contributed by atoms with Crippen molar-refractivity contribution < 1.29 is 9.21 Å². The van der Waals surface area contributed by atoms with Gasteiger partial charge in [-0.05, 0) is 79.6 Å². The van der Waals surface area contributed by atoms with Gasteiger partial charge in [0, 0.05) is 46.0 Å². The van der Waals surface area contributed by atoms with Crippen LogP contribution in [0.5, 0.6) is 0 Å². The number of aromatic nitrogens is 1. The molecule has 0 saturated heterocycles. The maximum absolute atomic E-state index is 14.2. The van der Waals surface area contributed by atoms with Crippen molar-refractivity contribution >= 4 is 44.7 Å². The van der Waals surface area contributed by atoms with Crippen LogP contribution in [0.2, 0.25) is 0 Å². The largest absolute Gasteiger partial charge is 0.454 e. The number of carbonyl (C=O) groups is 1. The minimum absolute atomic E-state index is 0.126. The van der Waals surface area contributed by atoms with Crippen LogP contribution in [0.4, 0.5) is 17.1 Å². The molecular weight excluding hydrogens is 528 g/mol. The van der Waals surface area contributed by atoms with E-state index in [9.17, 15) is 4.79 Å². The number of fused-ring (bicyclic) bond motifs is 7. The second kappa shape index (κ2) is 9.33. The van der Waals surface area contributed by atoms with Crippen LogP contribution in [0.1, 0.15) is 29.8 Å². The van der Waals surface area contributed by atoms with Crippen molar-refractivity contribution in [2.75, 3.05) is 4.90 Å². The molecule has 0 spiro atoms. The Bertz CT molecular complexity index is 2130. The smallest absolute Gasteiger partial charge is 0.175 e. The lowest BCUT2D eigenvalue weighted by molar-refractivity contribution is 0.0908. The van der Waals surface area contributed by atoms with Crippen molar-refractivity contribution in [3.8, 4) is 22.6 Å².